The van der Waals surface area contributed by atoms with E-state index in [9.17, 15) is 13.2 Å². The first-order valence-corrected chi connectivity index (χ1v) is 6.32. The Labute approximate surface area is 113 Å². The maximum Gasteiger partial charge on any atom is 0.401 e. The lowest BCUT2D eigenvalue weighted by molar-refractivity contribution is -0.143. The summed E-state index contributed by atoms with van der Waals surface area (Å²) in [4.78, 5) is 1.43. The molecule has 0 saturated carbocycles. The van der Waals surface area contributed by atoms with Crippen LogP contribution in [0, 0.1) is 5.92 Å². The second-order valence-electron chi connectivity index (χ2n) is 4.63. The Balaban J connectivity index is 1.75. The highest BCUT2D eigenvalue weighted by atomic mass is 35.5. The zero-order valence-corrected chi connectivity index (χ0v) is 10.9. The van der Waals surface area contributed by atoms with Crippen molar-refractivity contribution in [3.05, 3.63) is 17.3 Å². The second kappa shape index (κ2) is 5.92. The second-order valence-corrected chi connectivity index (χ2v) is 5.01. The van der Waals surface area contributed by atoms with Gasteiger partial charge in [-0.3, -0.25) is 4.90 Å². The summed E-state index contributed by atoms with van der Waals surface area (Å²) in [6.07, 6.45) is -3.37. The van der Waals surface area contributed by atoms with Crippen LogP contribution in [0.15, 0.2) is 12.1 Å². The summed E-state index contributed by atoms with van der Waals surface area (Å²) in [6, 6.07) is 3.30. The van der Waals surface area contributed by atoms with Crippen molar-refractivity contribution in [1.82, 2.24) is 15.1 Å². The molecule has 0 aliphatic carbocycles. The number of nitrogens with one attached hydrogen (secondary N) is 1. The largest absolute Gasteiger partial charge is 0.401 e. The molecule has 0 bridgehead atoms. The Bertz CT molecular complexity index is 409. The Morgan fingerprint density at radius 3 is 2.79 bits per heavy atom. The van der Waals surface area contributed by atoms with Gasteiger partial charge in [-0.05, 0) is 31.0 Å². The molecule has 0 amide bonds. The average Bonchev–Trinajstić information content (AvgIpc) is 2.73. The molecule has 1 unspecified atom stereocenters. The molecule has 1 aliphatic heterocycles. The monoisotopic (exact) mass is 294 g/mol. The lowest BCUT2D eigenvalue weighted by atomic mass is 10.1. The minimum Gasteiger partial charge on any atom is -0.368 e. The molecule has 0 spiro atoms. The van der Waals surface area contributed by atoms with Gasteiger partial charge in [0.2, 0.25) is 0 Å². The first-order chi connectivity index (χ1) is 8.92. The number of nitrogens with zero attached hydrogens (tertiary/aromatic N) is 3. The Kier molecular flexibility index (Phi) is 4.46. The molecular weight excluding hydrogens is 281 g/mol. The zero-order valence-electron chi connectivity index (χ0n) is 10.1. The van der Waals surface area contributed by atoms with E-state index in [4.69, 9.17) is 11.6 Å². The van der Waals surface area contributed by atoms with E-state index in [0.29, 0.717) is 30.6 Å². The lowest BCUT2D eigenvalue weighted by Gasteiger charge is -2.18. The zero-order chi connectivity index (χ0) is 13.9. The normalized spacial score (nSPS) is 20.7. The fourth-order valence-electron chi connectivity index (χ4n) is 2.14. The fourth-order valence-corrected chi connectivity index (χ4v) is 2.24. The number of alkyl halides is 3. The van der Waals surface area contributed by atoms with Crippen LogP contribution in [0.4, 0.5) is 19.0 Å². The highest BCUT2D eigenvalue weighted by molar-refractivity contribution is 6.29. The van der Waals surface area contributed by atoms with E-state index in [0.717, 1.165) is 6.42 Å². The molecule has 1 N–H and O–H groups in total. The molecule has 1 aromatic rings. The third-order valence-corrected chi connectivity index (χ3v) is 3.18. The predicted molar refractivity (Wildman–Crippen MR) is 66.1 cm³/mol. The quantitative estimate of drug-likeness (QED) is 0.926. The molecule has 8 heteroatoms. The van der Waals surface area contributed by atoms with Crippen molar-refractivity contribution in [2.75, 3.05) is 31.5 Å². The molecule has 1 atom stereocenters. The minimum absolute atomic E-state index is 0.194. The molecule has 1 fully saturated rings. The van der Waals surface area contributed by atoms with E-state index in [1.54, 1.807) is 12.1 Å². The minimum atomic E-state index is -4.12. The number of halogens is 4. The average molecular weight is 295 g/mol. The van der Waals surface area contributed by atoms with Gasteiger partial charge in [-0.1, -0.05) is 11.6 Å². The Morgan fingerprint density at radius 1 is 1.37 bits per heavy atom. The molecule has 2 rings (SSSR count). The summed E-state index contributed by atoms with van der Waals surface area (Å²) < 4.78 is 36.7. The van der Waals surface area contributed by atoms with E-state index < -0.39 is 12.7 Å². The van der Waals surface area contributed by atoms with Crippen molar-refractivity contribution >= 4 is 17.4 Å². The highest BCUT2D eigenvalue weighted by Crippen LogP contribution is 2.22. The maximum atomic E-state index is 12.2. The van der Waals surface area contributed by atoms with Crippen molar-refractivity contribution in [2.24, 2.45) is 5.92 Å². The first-order valence-electron chi connectivity index (χ1n) is 5.94. The summed E-state index contributed by atoms with van der Waals surface area (Å²) in [5.41, 5.74) is 0. The van der Waals surface area contributed by atoms with Crippen molar-refractivity contribution in [3.63, 3.8) is 0 Å². The van der Waals surface area contributed by atoms with Crippen molar-refractivity contribution in [1.29, 1.82) is 0 Å². The predicted octanol–water partition coefficient (Wildman–Crippen LogP) is 2.43. The van der Waals surface area contributed by atoms with Gasteiger partial charge in [0.05, 0.1) is 6.54 Å². The van der Waals surface area contributed by atoms with Gasteiger partial charge in [0.15, 0.2) is 5.15 Å². The van der Waals surface area contributed by atoms with Gasteiger partial charge in [0, 0.05) is 13.1 Å². The molecule has 1 aliphatic rings. The molecule has 2 heterocycles. The molecule has 0 aromatic carbocycles. The van der Waals surface area contributed by atoms with Crippen LogP contribution in [0.3, 0.4) is 0 Å². The van der Waals surface area contributed by atoms with Gasteiger partial charge in [-0.25, -0.2) is 0 Å². The van der Waals surface area contributed by atoms with Crippen LogP contribution in [-0.2, 0) is 0 Å². The smallest absolute Gasteiger partial charge is 0.368 e. The standard InChI is InChI=1S/C11H14ClF3N4/c12-9-1-2-10(18-17-9)16-5-8-3-4-19(6-8)7-11(13,14)15/h1-2,8H,3-7H2,(H,16,18). The first kappa shape index (κ1) is 14.3. The number of hydrogen-bond acceptors (Lipinski definition) is 4. The molecular formula is C11H14ClF3N4. The third-order valence-electron chi connectivity index (χ3n) is 2.98. The van der Waals surface area contributed by atoms with Crippen LogP contribution in [-0.4, -0.2) is 47.5 Å². The molecule has 1 saturated heterocycles. The number of hydrogen-bond donors (Lipinski definition) is 1. The Morgan fingerprint density at radius 2 is 2.16 bits per heavy atom. The SMILES string of the molecule is FC(F)(F)CN1CCC(CNc2ccc(Cl)nn2)C1. The maximum absolute atomic E-state index is 12.2. The van der Waals surface area contributed by atoms with Crippen LogP contribution < -0.4 is 5.32 Å². The van der Waals surface area contributed by atoms with E-state index in [-0.39, 0.29) is 5.92 Å². The van der Waals surface area contributed by atoms with Crippen LogP contribution in [0.1, 0.15) is 6.42 Å². The number of rotatable bonds is 4. The summed E-state index contributed by atoms with van der Waals surface area (Å²) in [7, 11) is 0. The van der Waals surface area contributed by atoms with Crippen molar-refractivity contribution in [3.8, 4) is 0 Å². The summed E-state index contributed by atoms with van der Waals surface area (Å²) in [5.74, 6) is 0.776. The van der Waals surface area contributed by atoms with Crippen molar-refractivity contribution < 1.29 is 13.2 Å². The van der Waals surface area contributed by atoms with Crippen LogP contribution in [0.2, 0.25) is 5.15 Å². The number of aromatic nitrogens is 2. The molecule has 19 heavy (non-hydrogen) atoms. The van der Waals surface area contributed by atoms with E-state index in [1.807, 2.05) is 0 Å². The summed E-state index contributed by atoms with van der Waals surface area (Å²) >= 11 is 5.60. The van der Waals surface area contributed by atoms with Crippen LogP contribution >= 0.6 is 11.6 Å². The van der Waals surface area contributed by atoms with Gasteiger partial charge < -0.3 is 5.32 Å². The number of likely N-dealkylation sites (tertiary alicyclic amines) is 1. The van der Waals surface area contributed by atoms with Crippen LogP contribution in [0.5, 0.6) is 0 Å². The van der Waals surface area contributed by atoms with E-state index >= 15 is 0 Å². The molecule has 4 nitrogen and oxygen atoms in total. The van der Waals surface area contributed by atoms with Crippen molar-refractivity contribution in [2.45, 2.75) is 12.6 Å². The Hall–Kier alpha value is -1.08. The molecule has 0 radical (unpaired) electrons. The number of anilines is 1. The van der Waals surface area contributed by atoms with Crippen LogP contribution in [0.25, 0.3) is 0 Å². The van der Waals surface area contributed by atoms with Gasteiger partial charge in [0.1, 0.15) is 5.82 Å². The van der Waals surface area contributed by atoms with Gasteiger partial charge in [0.25, 0.3) is 0 Å². The topological polar surface area (TPSA) is 41.0 Å². The van der Waals surface area contributed by atoms with E-state index in [2.05, 4.69) is 15.5 Å². The molecule has 106 valence electrons. The fraction of sp³-hybridized carbons (Fsp3) is 0.636. The highest BCUT2D eigenvalue weighted by Gasteiger charge is 2.34. The molecule has 1 aromatic heterocycles. The summed E-state index contributed by atoms with van der Waals surface area (Å²) in [6.45, 7) is 0.695. The van der Waals surface area contributed by atoms with Gasteiger partial charge in [-0.15, -0.1) is 10.2 Å². The lowest BCUT2D eigenvalue weighted by Crippen LogP contribution is -2.33. The third kappa shape index (κ3) is 4.83. The van der Waals surface area contributed by atoms with E-state index in [1.165, 1.54) is 4.90 Å². The van der Waals surface area contributed by atoms with Gasteiger partial charge >= 0.3 is 6.18 Å². The van der Waals surface area contributed by atoms with Gasteiger partial charge in [-0.2, -0.15) is 13.2 Å². The summed E-state index contributed by atoms with van der Waals surface area (Å²) in [5, 5.41) is 10.9.